The van der Waals surface area contributed by atoms with Crippen molar-refractivity contribution in [3.05, 3.63) is 82.7 Å². The van der Waals surface area contributed by atoms with E-state index in [1.165, 1.54) is 13.3 Å². The van der Waals surface area contributed by atoms with Crippen LogP contribution in [0.25, 0.3) is 5.57 Å². The second-order valence-electron chi connectivity index (χ2n) is 8.47. The topological polar surface area (TPSA) is 101 Å². The molecule has 0 saturated heterocycles. The molecule has 2 aliphatic rings. The van der Waals surface area contributed by atoms with Crippen molar-refractivity contribution in [1.82, 2.24) is 14.9 Å². The Morgan fingerprint density at radius 1 is 1.31 bits per heavy atom. The Balaban J connectivity index is 1.84. The SMILES string of the molecule is COC(=O)c1cnc(C2C=C3C(=CN(CC(C)C)C(CN)=C3c3ccccc3)CC2=O)[nH]1. The van der Waals surface area contributed by atoms with E-state index in [4.69, 9.17) is 10.5 Å². The standard InChI is InChI=1S/C25H28N4O3/c1-15(2)13-29-14-17-9-22(30)19(24-27-12-20(28-24)25(31)32-3)10-18(17)23(21(29)11-26)16-7-5-4-6-8-16/h4-8,10,12,14-15,19H,9,11,13,26H2,1-3H3,(H,27,28). The highest BCUT2D eigenvalue weighted by Crippen LogP contribution is 2.43. The Morgan fingerprint density at radius 3 is 2.72 bits per heavy atom. The van der Waals surface area contributed by atoms with Crippen LogP contribution in [0, 0.1) is 5.92 Å². The van der Waals surface area contributed by atoms with E-state index in [1.807, 2.05) is 24.3 Å². The third kappa shape index (κ3) is 4.03. The number of H-pyrrole nitrogens is 1. The Bertz CT molecular complexity index is 1130. The van der Waals surface area contributed by atoms with E-state index >= 15 is 0 Å². The first-order valence-corrected chi connectivity index (χ1v) is 10.8. The highest BCUT2D eigenvalue weighted by atomic mass is 16.5. The van der Waals surface area contributed by atoms with Crippen LogP contribution >= 0.6 is 0 Å². The summed E-state index contributed by atoms with van der Waals surface area (Å²) in [6.45, 7) is 5.53. The molecule has 1 aromatic carbocycles. The van der Waals surface area contributed by atoms with Crippen LogP contribution in [0.1, 0.15) is 48.1 Å². The summed E-state index contributed by atoms with van der Waals surface area (Å²) < 4.78 is 4.75. The Hall–Kier alpha value is -3.45. The van der Waals surface area contributed by atoms with Gasteiger partial charge in [-0.1, -0.05) is 50.3 Å². The Kier molecular flexibility index (Phi) is 6.10. The number of carbonyl (C=O) groups is 2. The van der Waals surface area contributed by atoms with Gasteiger partial charge in [0.05, 0.1) is 19.2 Å². The summed E-state index contributed by atoms with van der Waals surface area (Å²) in [5.74, 6) is -0.192. The van der Waals surface area contributed by atoms with E-state index in [2.05, 4.69) is 47.0 Å². The van der Waals surface area contributed by atoms with Gasteiger partial charge < -0.3 is 20.4 Å². The molecule has 0 radical (unpaired) electrons. The van der Waals surface area contributed by atoms with E-state index in [9.17, 15) is 9.59 Å². The van der Waals surface area contributed by atoms with Crippen molar-refractivity contribution >= 4 is 17.3 Å². The average Bonchev–Trinajstić information content (AvgIpc) is 3.27. The number of hydrogen-bond acceptors (Lipinski definition) is 6. The number of aromatic nitrogens is 2. The van der Waals surface area contributed by atoms with Crippen LogP contribution in [-0.2, 0) is 9.53 Å². The van der Waals surface area contributed by atoms with Crippen LogP contribution in [0.5, 0.6) is 0 Å². The number of esters is 1. The first-order chi connectivity index (χ1) is 15.4. The van der Waals surface area contributed by atoms with Crippen molar-refractivity contribution in [2.24, 2.45) is 11.7 Å². The van der Waals surface area contributed by atoms with Gasteiger partial charge in [0, 0.05) is 37.0 Å². The lowest BCUT2D eigenvalue weighted by molar-refractivity contribution is -0.119. The number of benzene rings is 1. The number of ketones is 1. The van der Waals surface area contributed by atoms with Gasteiger partial charge in [0.1, 0.15) is 11.5 Å². The van der Waals surface area contributed by atoms with E-state index in [0.29, 0.717) is 18.3 Å². The molecule has 0 saturated carbocycles. The predicted molar refractivity (Wildman–Crippen MR) is 122 cm³/mol. The number of ether oxygens (including phenoxy) is 1. The average molecular weight is 433 g/mol. The lowest BCUT2D eigenvalue weighted by Gasteiger charge is -2.36. The number of nitrogens with two attached hydrogens (primary N) is 1. The molecule has 0 spiro atoms. The summed E-state index contributed by atoms with van der Waals surface area (Å²) in [5, 5.41) is 0. The van der Waals surface area contributed by atoms with Crippen molar-refractivity contribution in [3.8, 4) is 0 Å². The molecule has 7 nitrogen and oxygen atoms in total. The quantitative estimate of drug-likeness (QED) is 0.679. The first-order valence-electron chi connectivity index (χ1n) is 10.8. The molecule has 166 valence electrons. The molecule has 0 bridgehead atoms. The summed E-state index contributed by atoms with van der Waals surface area (Å²) in [4.78, 5) is 34.4. The number of nitrogens with one attached hydrogen (secondary N) is 1. The van der Waals surface area contributed by atoms with Crippen molar-refractivity contribution in [3.63, 3.8) is 0 Å². The zero-order valence-electron chi connectivity index (χ0n) is 18.6. The molecule has 0 amide bonds. The van der Waals surface area contributed by atoms with E-state index in [0.717, 1.165) is 34.5 Å². The Labute approximate surface area is 187 Å². The maximum absolute atomic E-state index is 13.1. The van der Waals surface area contributed by atoms with Gasteiger partial charge in [-0.2, -0.15) is 0 Å². The number of Topliss-reactive ketones (excluding diaryl/α,β-unsaturated/α-hetero) is 1. The number of hydrogen-bond donors (Lipinski definition) is 2. The lowest BCUT2D eigenvalue weighted by Crippen LogP contribution is -2.33. The van der Waals surface area contributed by atoms with Crippen LogP contribution in [-0.4, -0.2) is 46.8 Å². The van der Waals surface area contributed by atoms with Gasteiger partial charge in [-0.3, -0.25) is 4.79 Å². The third-order valence-corrected chi connectivity index (χ3v) is 5.72. The van der Waals surface area contributed by atoms with Gasteiger partial charge in [-0.05, 0) is 22.6 Å². The van der Waals surface area contributed by atoms with Gasteiger partial charge in [-0.15, -0.1) is 0 Å². The van der Waals surface area contributed by atoms with Gasteiger partial charge in [0.25, 0.3) is 0 Å². The molecule has 1 aliphatic carbocycles. The molecule has 2 heterocycles. The zero-order valence-corrected chi connectivity index (χ0v) is 18.6. The largest absolute Gasteiger partial charge is 0.464 e. The Morgan fingerprint density at radius 2 is 2.06 bits per heavy atom. The minimum absolute atomic E-state index is 0.0267. The van der Waals surface area contributed by atoms with Gasteiger partial charge in [0.15, 0.2) is 5.78 Å². The molecule has 7 heteroatoms. The molecule has 1 aromatic heterocycles. The molecule has 1 atom stereocenters. The molecular weight excluding hydrogens is 404 g/mol. The summed E-state index contributed by atoms with van der Waals surface area (Å²) in [7, 11) is 1.31. The predicted octanol–water partition coefficient (Wildman–Crippen LogP) is 3.40. The van der Waals surface area contributed by atoms with E-state index < -0.39 is 11.9 Å². The molecule has 4 rings (SSSR count). The highest BCUT2D eigenvalue weighted by molar-refractivity contribution is 5.98. The molecule has 1 unspecified atom stereocenters. The lowest BCUT2D eigenvalue weighted by atomic mass is 9.78. The summed E-state index contributed by atoms with van der Waals surface area (Å²) >= 11 is 0. The molecular formula is C25H28N4O3. The van der Waals surface area contributed by atoms with Crippen LogP contribution in [0.4, 0.5) is 0 Å². The molecule has 32 heavy (non-hydrogen) atoms. The van der Waals surface area contributed by atoms with E-state index in [-0.39, 0.29) is 17.9 Å². The highest BCUT2D eigenvalue weighted by Gasteiger charge is 2.34. The summed E-state index contributed by atoms with van der Waals surface area (Å²) in [5.41, 5.74) is 11.6. The fourth-order valence-corrected chi connectivity index (χ4v) is 4.33. The molecule has 2 aromatic rings. The van der Waals surface area contributed by atoms with Crippen molar-refractivity contribution in [2.75, 3.05) is 20.2 Å². The molecule has 0 fully saturated rings. The monoisotopic (exact) mass is 432 g/mol. The number of carbonyl (C=O) groups excluding carboxylic acids is 2. The van der Waals surface area contributed by atoms with Crippen molar-refractivity contribution < 1.29 is 14.3 Å². The number of rotatable bonds is 6. The summed E-state index contributed by atoms with van der Waals surface area (Å²) in [6, 6.07) is 10.1. The number of aromatic amines is 1. The smallest absolute Gasteiger partial charge is 0.356 e. The maximum Gasteiger partial charge on any atom is 0.356 e. The number of allylic oxidation sites excluding steroid dienone is 4. The zero-order chi connectivity index (χ0) is 22.8. The van der Waals surface area contributed by atoms with Gasteiger partial charge in [-0.25, -0.2) is 9.78 Å². The second-order valence-corrected chi connectivity index (χ2v) is 8.47. The van der Waals surface area contributed by atoms with Crippen molar-refractivity contribution in [2.45, 2.75) is 26.2 Å². The van der Waals surface area contributed by atoms with Crippen molar-refractivity contribution in [1.29, 1.82) is 0 Å². The minimum Gasteiger partial charge on any atom is -0.464 e. The summed E-state index contributed by atoms with van der Waals surface area (Å²) in [6.07, 6.45) is 5.70. The molecule has 3 N–H and O–H groups in total. The number of imidazole rings is 1. The van der Waals surface area contributed by atoms with Gasteiger partial charge in [0.2, 0.25) is 0 Å². The fraction of sp³-hybridized carbons (Fsp3) is 0.320. The third-order valence-electron chi connectivity index (χ3n) is 5.72. The van der Waals surface area contributed by atoms with Gasteiger partial charge >= 0.3 is 5.97 Å². The van der Waals surface area contributed by atoms with Crippen LogP contribution < -0.4 is 5.73 Å². The van der Waals surface area contributed by atoms with Crippen LogP contribution in [0.3, 0.4) is 0 Å². The maximum atomic E-state index is 13.1. The number of methoxy groups -OCH3 is 1. The van der Waals surface area contributed by atoms with E-state index in [1.54, 1.807) is 0 Å². The number of fused-ring (bicyclic) bond motifs is 1. The van der Waals surface area contributed by atoms with Crippen LogP contribution in [0.15, 0.2) is 65.6 Å². The number of nitrogens with zero attached hydrogens (tertiary/aromatic N) is 2. The van der Waals surface area contributed by atoms with Crippen LogP contribution in [0.2, 0.25) is 0 Å². The minimum atomic E-state index is -0.574. The fourth-order valence-electron chi connectivity index (χ4n) is 4.33. The normalized spacial score (nSPS) is 18.5. The molecule has 1 aliphatic heterocycles. The first kappa shape index (κ1) is 21.8. The second kappa shape index (κ2) is 8.96.